The fourth-order valence-electron chi connectivity index (χ4n) is 4.55. The topological polar surface area (TPSA) is 78.2 Å². The lowest BCUT2D eigenvalue weighted by molar-refractivity contribution is -0.124. The molecule has 2 aromatic heterocycles. The molecule has 1 atom stereocenters. The largest absolute Gasteiger partial charge is 0.494 e. The lowest BCUT2D eigenvalue weighted by Gasteiger charge is -2.12. The molecule has 3 heterocycles. The second kappa shape index (κ2) is 10.2. The monoisotopic (exact) mass is 500 g/mol. The summed E-state index contributed by atoms with van der Waals surface area (Å²) in [6.07, 6.45) is 4.29. The zero-order valence-corrected chi connectivity index (χ0v) is 20.7. The number of halogens is 1. The van der Waals surface area contributed by atoms with Crippen LogP contribution < -0.4 is 14.2 Å². The van der Waals surface area contributed by atoms with Gasteiger partial charge in [0.1, 0.15) is 22.8 Å². The van der Waals surface area contributed by atoms with Crippen LogP contribution in [0.15, 0.2) is 54.9 Å². The van der Waals surface area contributed by atoms with Gasteiger partial charge in [0.25, 0.3) is 5.91 Å². The quantitative estimate of drug-likeness (QED) is 0.358. The summed E-state index contributed by atoms with van der Waals surface area (Å²) in [6, 6.07) is 11.9. The Morgan fingerprint density at radius 1 is 1.11 bits per heavy atom. The van der Waals surface area contributed by atoms with Crippen LogP contribution in [-0.2, 0) is 4.79 Å². The number of rotatable bonds is 6. The van der Waals surface area contributed by atoms with Gasteiger partial charge in [-0.2, -0.15) is 4.39 Å². The van der Waals surface area contributed by atoms with Crippen LogP contribution in [0.25, 0.3) is 16.8 Å². The number of fused-ring (bicyclic) bond motifs is 1. The molecule has 9 heteroatoms. The summed E-state index contributed by atoms with van der Waals surface area (Å²) in [5.41, 5.74) is 2.24. The van der Waals surface area contributed by atoms with E-state index in [0.717, 1.165) is 23.3 Å². The van der Waals surface area contributed by atoms with Gasteiger partial charge in [0.05, 0.1) is 14.2 Å². The van der Waals surface area contributed by atoms with E-state index < -0.39 is 5.82 Å². The average Bonchev–Trinajstić information content (AvgIpc) is 3.56. The van der Waals surface area contributed by atoms with Crippen LogP contribution in [0.5, 0.6) is 23.1 Å². The zero-order chi connectivity index (χ0) is 25.9. The van der Waals surface area contributed by atoms with Gasteiger partial charge in [-0.25, -0.2) is 9.97 Å². The number of likely N-dealkylation sites (tertiary alicyclic amines) is 1. The summed E-state index contributed by atoms with van der Waals surface area (Å²) in [4.78, 5) is 23.4. The second-order valence-electron chi connectivity index (χ2n) is 8.48. The molecule has 37 heavy (non-hydrogen) atoms. The summed E-state index contributed by atoms with van der Waals surface area (Å²) in [6.45, 7) is 2.82. The number of carbonyl (C=O) groups is 1. The number of hydrogen-bond acceptors (Lipinski definition) is 6. The van der Waals surface area contributed by atoms with Crippen LogP contribution in [0.4, 0.5) is 4.39 Å². The Bertz CT molecular complexity index is 1520. The predicted octanol–water partition coefficient (Wildman–Crippen LogP) is 4.68. The van der Waals surface area contributed by atoms with Gasteiger partial charge in [0.15, 0.2) is 11.5 Å². The van der Waals surface area contributed by atoms with Crippen molar-refractivity contribution in [2.75, 3.05) is 27.3 Å². The van der Waals surface area contributed by atoms with Crippen LogP contribution in [0, 0.1) is 17.7 Å². The molecular weight excluding hydrogens is 475 g/mol. The molecule has 1 unspecified atom stereocenters. The number of aromatic nitrogens is 3. The van der Waals surface area contributed by atoms with Gasteiger partial charge >= 0.3 is 0 Å². The van der Waals surface area contributed by atoms with Crippen molar-refractivity contribution in [2.45, 2.75) is 19.3 Å². The standard InChI is InChI=1S/C28H25FN4O4/c1-4-6-23(34)32-15-13-19(17-32)27-31-25(26-28(36-3)30-14-16-33(26)27)18-9-11-20(12-10-18)37-22-8-5-7-21(35-2)24(22)29/h5,7-12,14,16,19H,13,15,17H2,1-3H3. The average molecular weight is 501 g/mol. The van der Waals surface area contributed by atoms with E-state index in [0.29, 0.717) is 30.4 Å². The number of carbonyl (C=O) groups excluding carboxylic acids is 1. The first kappa shape index (κ1) is 24.1. The highest BCUT2D eigenvalue weighted by Crippen LogP contribution is 2.37. The van der Waals surface area contributed by atoms with Crippen molar-refractivity contribution in [1.29, 1.82) is 0 Å². The van der Waals surface area contributed by atoms with Crippen molar-refractivity contribution in [3.05, 3.63) is 66.5 Å². The van der Waals surface area contributed by atoms with Crippen molar-refractivity contribution in [3.8, 4) is 46.2 Å². The Morgan fingerprint density at radius 3 is 2.62 bits per heavy atom. The first-order valence-electron chi connectivity index (χ1n) is 11.8. The minimum Gasteiger partial charge on any atom is -0.494 e. The molecular formula is C28H25FN4O4. The van der Waals surface area contributed by atoms with Crippen molar-refractivity contribution in [2.24, 2.45) is 0 Å². The van der Waals surface area contributed by atoms with Gasteiger partial charge in [-0.05, 0) is 55.7 Å². The molecule has 1 saturated heterocycles. The van der Waals surface area contributed by atoms with E-state index in [9.17, 15) is 9.18 Å². The molecule has 0 N–H and O–H groups in total. The number of methoxy groups -OCH3 is 2. The van der Waals surface area contributed by atoms with Crippen molar-refractivity contribution >= 4 is 11.4 Å². The van der Waals surface area contributed by atoms with Crippen LogP contribution >= 0.6 is 0 Å². The predicted molar refractivity (Wildman–Crippen MR) is 135 cm³/mol. The molecule has 1 fully saturated rings. The van der Waals surface area contributed by atoms with E-state index in [1.165, 1.54) is 13.2 Å². The summed E-state index contributed by atoms with van der Waals surface area (Å²) in [7, 11) is 2.97. The number of ether oxygens (including phenoxy) is 3. The first-order valence-corrected chi connectivity index (χ1v) is 11.8. The maximum absolute atomic E-state index is 14.5. The molecule has 0 bridgehead atoms. The highest BCUT2D eigenvalue weighted by molar-refractivity contribution is 5.93. The van der Waals surface area contributed by atoms with Crippen LogP contribution in [-0.4, -0.2) is 52.5 Å². The summed E-state index contributed by atoms with van der Waals surface area (Å²) >= 11 is 0. The molecule has 4 aromatic rings. The molecule has 0 saturated carbocycles. The number of imidazole rings is 1. The summed E-state index contributed by atoms with van der Waals surface area (Å²) in [5, 5.41) is 0. The third-order valence-electron chi connectivity index (χ3n) is 6.32. The highest BCUT2D eigenvalue weighted by Gasteiger charge is 2.31. The molecule has 0 aliphatic carbocycles. The fraction of sp³-hybridized carbons (Fsp3) is 0.250. The van der Waals surface area contributed by atoms with Crippen LogP contribution in [0.2, 0.25) is 0 Å². The van der Waals surface area contributed by atoms with Crippen molar-refractivity contribution in [1.82, 2.24) is 19.3 Å². The molecule has 8 nitrogen and oxygen atoms in total. The minimum atomic E-state index is -0.566. The Labute approximate surface area is 213 Å². The Morgan fingerprint density at radius 2 is 1.89 bits per heavy atom. The number of benzene rings is 2. The first-order chi connectivity index (χ1) is 18.0. The number of amides is 1. The smallest absolute Gasteiger partial charge is 0.298 e. The van der Waals surface area contributed by atoms with E-state index in [1.54, 1.807) is 49.4 Å². The summed E-state index contributed by atoms with van der Waals surface area (Å²) < 4.78 is 32.8. The van der Waals surface area contributed by atoms with Crippen LogP contribution in [0.1, 0.15) is 25.1 Å². The van der Waals surface area contributed by atoms with Crippen molar-refractivity contribution < 1.29 is 23.4 Å². The van der Waals surface area contributed by atoms with E-state index in [4.69, 9.17) is 19.2 Å². The van der Waals surface area contributed by atoms with E-state index in [-0.39, 0.29) is 23.3 Å². The Hall–Kier alpha value is -4.58. The van der Waals surface area contributed by atoms with Gasteiger partial charge in [-0.1, -0.05) is 12.0 Å². The maximum Gasteiger partial charge on any atom is 0.298 e. The van der Waals surface area contributed by atoms with Crippen molar-refractivity contribution in [3.63, 3.8) is 0 Å². The lowest BCUT2D eigenvalue weighted by Crippen LogP contribution is -2.27. The SMILES string of the molecule is CC#CC(=O)N1CCC(c2nc(-c3ccc(Oc4cccc(OC)c4F)cc3)c3c(OC)nccn23)C1. The summed E-state index contributed by atoms with van der Waals surface area (Å²) in [5.74, 6) is 6.50. The zero-order valence-electron chi connectivity index (χ0n) is 20.7. The third-order valence-corrected chi connectivity index (χ3v) is 6.32. The Balaban J connectivity index is 1.49. The molecule has 0 spiro atoms. The molecule has 0 radical (unpaired) electrons. The van der Waals surface area contributed by atoms with E-state index in [2.05, 4.69) is 16.8 Å². The van der Waals surface area contributed by atoms with E-state index in [1.807, 2.05) is 22.7 Å². The highest BCUT2D eigenvalue weighted by atomic mass is 19.1. The molecule has 2 aromatic carbocycles. The minimum absolute atomic E-state index is 0.0367. The van der Waals surface area contributed by atoms with Crippen LogP contribution in [0.3, 0.4) is 0 Å². The van der Waals surface area contributed by atoms with Gasteiger partial charge in [-0.15, -0.1) is 0 Å². The van der Waals surface area contributed by atoms with Gasteiger partial charge in [0, 0.05) is 37.0 Å². The van der Waals surface area contributed by atoms with Gasteiger partial charge < -0.3 is 19.1 Å². The van der Waals surface area contributed by atoms with E-state index >= 15 is 0 Å². The molecule has 1 amide bonds. The Kier molecular flexibility index (Phi) is 6.64. The van der Waals surface area contributed by atoms with Gasteiger partial charge in [-0.3, -0.25) is 9.20 Å². The van der Waals surface area contributed by atoms with Gasteiger partial charge in [0.2, 0.25) is 11.7 Å². The second-order valence-corrected chi connectivity index (χ2v) is 8.48. The fourth-order valence-corrected chi connectivity index (χ4v) is 4.55. The number of nitrogens with zero attached hydrogens (tertiary/aromatic N) is 4. The third kappa shape index (κ3) is 4.54. The molecule has 188 valence electrons. The molecule has 1 aliphatic heterocycles. The lowest BCUT2D eigenvalue weighted by atomic mass is 10.1. The molecule has 5 rings (SSSR count). The molecule has 1 aliphatic rings. The normalized spacial score (nSPS) is 14.8. The number of hydrogen-bond donors (Lipinski definition) is 0. The maximum atomic E-state index is 14.5.